The number of ether oxygens (including phenoxy) is 1. The third-order valence-corrected chi connectivity index (χ3v) is 6.35. The lowest BCUT2D eigenvalue weighted by Crippen LogP contribution is -2.25. The molecule has 1 saturated heterocycles. The van der Waals surface area contributed by atoms with E-state index in [2.05, 4.69) is 37.0 Å². The van der Waals surface area contributed by atoms with E-state index in [0.29, 0.717) is 5.15 Å². The molecule has 9 heteroatoms. The molecule has 1 atom stereocenters. The van der Waals surface area contributed by atoms with Crippen molar-refractivity contribution in [1.82, 2.24) is 25.1 Å². The summed E-state index contributed by atoms with van der Waals surface area (Å²) in [7, 11) is 0. The van der Waals surface area contributed by atoms with Crippen molar-refractivity contribution < 1.29 is 4.74 Å². The van der Waals surface area contributed by atoms with Crippen LogP contribution in [0.4, 0.5) is 5.82 Å². The number of aromatic nitrogens is 5. The Hall–Kier alpha value is -2.58. The number of hydrogen-bond acceptors (Lipinski definition) is 8. The van der Waals surface area contributed by atoms with Gasteiger partial charge in [-0.3, -0.25) is 0 Å². The fraction of sp³-hybridized carbons (Fsp3) is 0.316. The van der Waals surface area contributed by atoms with Crippen molar-refractivity contribution in [2.75, 3.05) is 18.0 Å². The molecule has 0 amide bonds. The van der Waals surface area contributed by atoms with E-state index in [1.807, 2.05) is 13.0 Å². The molecule has 0 saturated carbocycles. The molecule has 0 spiro atoms. The summed E-state index contributed by atoms with van der Waals surface area (Å²) in [6.45, 7) is 5.67. The summed E-state index contributed by atoms with van der Waals surface area (Å²) in [6.07, 6.45) is 4.27. The highest BCUT2D eigenvalue weighted by molar-refractivity contribution is 7.26. The molecule has 5 heterocycles. The van der Waals surface area contributed by atoms with Gasteiger partial charge in [-0.1, -0.05) is 11.6 Å². The van der Waals surface area contributed by atoms with Crippen LogP contribution in [0.5, 0.6) is 5.75 Å². The van der Waals surface area contributed by atoms with E-state index < -0.39 is 0 Å². The standard InChI is InChI=1S/C19H17ClN6OS/c1-10-11(2)24-25-19-15(10)16-17(28-19)18(23-9-22-16)26-6-4-13(8-26)27-12-3-5-21-14(20)7-12/h3,5,7,9,13H,4,6,8H2,1-2H3/t13-/m0/s1. The van der Waals surface area contributed by atoms with E-state index in [-0.39, 0.29) is 6.10 Å². The number of fused-ring (bicyclic) bond motifs is 3. The number of pyridine rings is 1. The fourth-order valence-corrected chi connectivity index (χ4v) is 4.88. The molecule has 0 aliphatic carbocycles. The van der Waals surface area contributed by atoms with Gasteiger partial charge in [0.1, 0.15) is 34.0 Å². The topological polar surface area (TPSA) is 76.9 Å². The van der Waals surface area contributed by atoms with E-state index in [1.54, 1.807) is 29.9 Å². The van der Waals surface area contributed by atoms with Crippen LogP contribution in [0.25, 0.3) is 20.4 Å². The summed E-state index contributed by atoms with van der Waals surface area (Å²) in [5.41, 5.74) is 3.00. The Morgan fingerprint density at radius 3 is 2.96 bits per heavy atom. The molecule has 0 radical (unpaired) electrons. The maximum absolute atomic E-state index is 6.09. The Bertz CT molecular complexity index is 1200. The maximum atomic E-state index is 6.09. The molecule has 0 bridgehead atoms. The highest BCUT2D eigenvalue weighted by Gasteiger charge is 2.28. The van der Waals surface area contributed by atoms with Crippen LogP contribution in [0, 0.1) is 13.8 Å². The van der Waals surface area contributed by atoms with Crippen molar-refractivity contribution in [3.63, 3.8) is 0 Å². The monoisotopic (exact) mass is 412 g/mol. The van der Waals surface area contributed by atoms with Crippen molar-refractivity contribution in [2.24, 2.45) is 0 Å². The van der Waals surface area contributed by atoms with Crippen LogP contribution in [0.2, 0.25) is 5.15 Å². The second kappa shape index (κ2) is 6.79. The summed E-state index contributed by atoms with van der Waals surface area (Å²) in [5, 5.41) is 10.1. The van der Waals surface area contributed by atoms with Crippen LogP contribution in [0.3, 0.4) is 0 Å². The van der Waals surface area contributed by atoms with Gasteiger partial charge in [-0.05, 0) is 25.5 Å². The molecule has 28 heavy (non-hydrogen) atoms. The van der Waals surface area contributed by atoms with Gasteiger partial charge in [0.15, 0.2) is 0 Å². The first-order chi connectivity index (χ1) is 13.6. The molecule has 4 aromatic rings. The van der Waals surface area contributed by atoms with Crippen molar-refractivity contribution in [3.05, 3.63) is 41.1 Å². The Kier molecular flexibility index (Phi) is 4.25. The van der Waals surface area contributed by atoms with E-state index in [9.17, 15) is 0 Å². The fourth-order valence-electron chi connectivity index (χ4n) is 3.56. The molecule has 1 fully saturated rings. The van der Waals surface area contributed by atoms with Gasteiger partial charge in [0, 0.05) is 30.6 Å². The lowest BCUT2D eigenvalue weighted by molar-refractivity contribution is 0.224. The predicted octanol–water partition coefficient (Wildman–Crippen LogP) is 3.96. The second-order valence-electron chi connectivity index (χ2n) is 6.86. The molecule has 5 rings (SSSR count). The van der Waals surface area contributed by atoms with Crippen LogP contribution in [0.1, 0.15) is 17.7 Å². The Morgan fingerprint density at radius 2 is 2.11 bits per heavy atom. The molecule has 7 nitrogen and oxygen atoms in total. The third kappa shape index (κ3) is 2.93. The molecule has 0 aromatic carbocycles. The summed E-state index contributed by atoms with van der Waals surface area (Å²) >= 11 is 7.55. The smallest absolute Gasteiger partial charge is 0.150 e. The minimum Gasteiger partial charge on any atom is -0.488 e. The maximum Gasteiger partial charge on any atom is 0.150 e. The van der Waals surface area contributed by atoms with Crippen LogP contribution in [-0.4, -0.2) is 44.3 Å². The molecule has 1 aliphatic heterocycles. The van der Waals surface area contributed by atoms with Gasteiger partial charge < -0.3 is 9.64 Å². The number of hydrogen-bond donors (Lipinski definition) is 0. The first-order valence-corrected chi connectivity index (χ1v) is 10.2. The number of halogens is 1. The number of anilines is 1. The predicted molar refractivity (Wildman–Crippen MR) is 110 cm³/mol. The van der Waals surface area contributed by atoms with Crippen LogP contribution in [0.15, 0.2) is 24.7 Å². The molecular weight excluding hydrogens is 396 g/mol. The van der Waals surface area contributed by atoms with Gasteiger partial charge in [0.2, 0.25) is 0 Å². The first kappa shape index (κ1) is 17.5. The minimum atomic E-state index is 0.0710. The largest absolute Gasteiger partial charge is 0.488 e. The Labute approximate surface area is 170 Å². The lowest BCUT2D eigenvalue weighted by Gasteiger charge is -2.18. The first-order valence-electron chi connectivity index (χ1n) is 9.00. The van der Waals surface area contributed by atoms with Crippen molar-refractivity contribution in [2.45, 2.75) is 26.4 Å². The second-order valence-corrected chi connectivity index (χ2v) is 8.24. The lowest BCUT2D eigenvalue weighted by atomic mass is 10.1. The molecule has 142 valence electrons. The van der Waals surface area contributed by atoms with Gasteiger partial charge in [-0.2, -0.15) is 5.10 Å². The van der Waals surface area contributed by atoms with Gasteiger partial charge in [0.05, 0.1) is 22.5 Å². The Balaban J connectivity index is 1.47. The molecule has 0 N–H and O–H groups in total. The van der Waals surface area contributed by atoms with E-state index in [0.717, 1.165) is 62.8 Å². The number of rotatable bonds is 3. The van der Waals surface area contributed by atoms with Gasteiger partial charge in [0.25, 0.3) is 0 Å². The number of aryl methyl sites for hydroxylation is 2. The average molecular weight is 413 g/mol. The average Bonchev–Trinajstić information content (AvgIpc) is 3.29. The SMILES string of the molecule is Cc1nnc2sc3c(N4CC[C@H](Oc5ccnc(Cl)c5)C4)ncnc3c2c1C. The zero-order chi connectivity index (χ0) is 19.3. The summed E-state index contributed by atoms with van der Waals surface area (Å²) in [5.74, 6) is 1.67. The quantitative estimate of drug-likeness (QED) is 0.471. The van der Waals surface area contributed by atoms with Gasteiger partial charge >= 0.3 is 0 Å². The summed E-state index contributed by atoms with van der Waals surface area (Å²) < 4.78 is 7.13. The Morgan fingerprint density at radius 1 is 1.21 bits per heavy atom. The van der Waals surface area contributed by atoms with Gasteiger partial charge in [-0.25, -0.2) is 15.0 Å². The molecular formula is C19H17ClN6OS. The zero-order valence-corrected chi connectivity index (χ0v) is 17.0. The van der Waals surface area contributed by atoms with E-state index in [4.69, 9.17) is 16.3 Å². The summed E-state index contributed by atoms with van der Waals surface area (Å²) in [4.78, 5) is 16.3. The van der Waals surface area contributed by atoms with Crippen molar-refractivity contribution in [3.8, 4) is 5.75 Å². The van der Waals surface area contributed by atoms with Crippen molar-refractivity contribution in [1.29, 1.82) is 0 Å². The highest BCUT2D eigenvalue weighted by Crippen LogP contribution is 2.38. The van der Waals surface area contributed by atoms with Crippen LogP contribution >= 0.6 is 22.9 Å². The summed E-state index contributed by atoms with van der Waals surface area (Å²) in [6, 6.07) is 3.57. The minimum absolute atomic E-state index is 0.0710. The van der Waals surface area contributed by atoms with Crippen molar-refractivity contribution >= 4 is 49.2 Å². The van der Waals surface area contributed by atoms with Gasteiger partial charge in [-0.15, -0.1) is 16.4 Å². The number of nitrogens with zero attached hydrogens (tertiary/aromatic N) is 6. The zero-order valence-electron chi connectivity index (χ0n) is 15.4. The van der Waals surface area contributed by atoms with Crippen LogP contribution < -0.4 is 9.64 Å². The van der Waals surface area contributed by atoms with E-state index in [1.165, 1.54) is 0 Å². The molecule has 0 unspecified atom stereocenters. The van der Waals surface area contributed by atoms with E-state index >= 15 is 0 Å². The third-order valence-electron chi connectivity index (χ3n) is 5.09. The number of thiophene rings is 1. The van der Waals surface area contributed by atoms with Crippen LogP contribution in [-0.2, 0) is 0 Å². The molecule has 4 aromatic heterocycles. The normalized spacial score (nSPS) is 17.0. The molecule has 1 aliphatic rings. The highest BCUT2D eigenvalue weighted by atomic mass is 35.5.